The lowest BCUT2D eigenvalue weighted by atomic mass is 10.0. The zero-order chi connectivity index (χ0) is 16.3. The van der Waals surface area contributed by atoms with Gasteiger partial charge in [0.05, 0.1) is 10.5 Å². The van der Waals surface area contributed by atoms with Gasteiger partial charge in [-0.1, -0.05) is 32.0 Å². The number of rotatable bonds is 5. The standard InChI is InChI=1S/C16H17NO4S/c1-11(2)12-5-3-7-14(9-12)17-22(20,21)15-8-4-6-13(10-15)16(18)19/h3-11,17H,1-2H3,(H,18,19). The van der Waals surface area contributed by atoms with Crippen molar-refractivity contribution in [1.82, 2.24) is 0 Å². The van der Waals surface area contributed by atoms with Gasteiger partial charge in [0, 0.05) is 5.69 Å². The molecule has 22 heavy (non-hydrogen) atoms. The van der Waals surface area contributed by atoms with Gasteiger partial charge in [0.15, 0.2) is 0 Å². The Morgan fingerprint density at radius 1 is 1.09 bits per heavy atom. The van der Waals surface area contributed by atoms with Gasteiger partial charge in [0.1, 0.15) is 0 Å². The molecule has 6 heteroatoms. The summed E-state index contributed by atoms with van der Waals surface area (Å²) in [4.78, 5) is 10.9. The molecule has 0 spiro atoms. The molecule has 0 aromatic heterocycles. The van der Waals surface area contributed by atoms with Crippen LogP contribution in [-0.2, 0) is 10.0 Å². The van der Waals surface area contributed by atoms with Gasteiger partial charge in [-0.25, -0.2) is 13.2 Å². The van der Waals surface area contributed by atoms with Gasteiger partial charge < -0.3 is 5.11 Å². The molecule has 2 rings (SSSR count). The Labute approximate surface area is 129 Å². The number of hydrogen-bond acceptors (Lipinski definition) is 3. The van der Waals surface area contributed by atoms with Crippen molar-refractivity contribution in [1.29, 1.82) is 0 Å². The van der Waals surface area contributed by atoms with Gasteiger partial charge in [-0.15, -0.1) is 0 Å². The van der Waals surface area contributed by atoms with Crippen molar-refractivity contribution >= 4 is 21.7 Å². The topological polar surface area (TPSA) is 83.5 Å². The predicted molar refractivity (Wildman–Crippen MR) is 84.7 cm³/mol. The van der Waals surface area contributed by atoms with Crippen molar-refractivity contribution in [2.24, 2.45) is 0 Å². The molecule has 0 radical (unpaired) electrons. The van der Waals surface area contributed by atoms with Gasteiger partial charge in [-0.05, 0) is 41.8 Å². The molecule has 0 unspecified atom stereocenters. The molecule has 0 bridgehead atoms. The van der Waals surface area contributed by atoms with E-state index in [9.17, 15) is 13.2 Å². The first-order valence-electron chi connectivity index (χ1n) is 6.76. The molecular weight excluding hydrogens is 302 g/mol. The average Bonchev–Trinajstić information content (AvgIpc) is 2.47. The van der Waals surface area contributed by atoms with E-state index in [-0.39, 0.29) is 16.4 Å². The van der Waals surface area contributed by atoms with Gasteiger partial charge in [0.25, 0.3) is 10.0 Å². The Balaban J connectivity index is 2.34. The molecule has 0 aliphatic rings. The molecule has 0 atom stereocenters. The third kappa shape index (κ3) is 3.65. The number of carboxylic acids is 1. The summed E-state index contributed by atoms with van der Waals surface area (Å²) in [7, 11) is -3.83. The van der Waals surface area contributed by atoms with E-state index in [2.05, 4.69) is 4.72 Å². The van der Waals surface area contributed by atoms with E-state index in [1.807, 2.05) is 19.9 Å². The van der Waals surface area contributed by atoms with Gasteiger partial charge in [-0.2, -0.15) is 0 Å². The third-order valence-electron chi connectivity index (χ3n) is 3.20. The minimum Gasteiger partial charge on any atom is -0.478 e. The number of aromatic carboxylic acids is 1. The minimum atomic E-state index is -3.83. The van der Waals surface area contributed by atoms with Crippen molar-refractivity contribution in [2.75, 3.05) is 4.72 Å². The number of carbonyl (C=O) groups is 1. The molecular formula is C16H17NO4S. The zero-order valence-electron chi connectivity index (χ0n) is 12.3. The number of sulfonamides is 1. The van der Waals surface area contributed by atoms with E-state index in [0.29, 0.717) is 5.69 Å². The number of carboxylic acid groups (broad SMARTS) is 1. The number of hydrogen-bond donors (Lipinski definition) is 2. The van der Waals surface area contributed by atoms with Crippen LogP contribution >= 0.6 is 0 Å². The van der Waals surface area contributed by atoms with Crippen LogP contribution in [0.1, 0.15) is 35.7 Å². The summed E-state index contributed by atoms with van der Waals surface area (Å²) in [6.07, 6.45) is 0. The van der Waals surface area contributed by atoms with Crippen LogP contribution in [0.15, 0.2) is 53.4 Å². The molecule has 0 aliphatic carbocycles. The average molecular weight is 319 g/mol. The first-order chi connectivity index (χ1) is 10.3. The smallest absolute Gasteiger partial charge is 0.335 e. The quantitative estimate of drug-likeness (QED) is 0.885. The molecule has 5 nitrogen and oxygen atoms in total. The van der Waals surface area contributed by atoms with Gasteiger partial charge >= 0.3 is 5.97 Å². The summed E-state index contributed by atoms with van der Waals surface area (Å²) < 4.78 is 27.2. The molecule has 0 amide bonds. The van der Waals surface area contributed by atoms with Crippen LogP contribution in [0.4, 0.5) is 5.69 Å². The van der Waals surface area contributed by atoms with Crippen LogP contribution < -0.4 is 4.72 Å². The summed E-state index contributed by atoms with van der Waals surface area (Å²) in [6, 6.07) is 12.4. The Kier molecular flexibility index (Phi) is 4.51. The molecule has 2 aromatic carbocycles. The van der Waals surface area contributed by atoms with Crippen molar-refractivity contribution < 1.29 is 18.3 Å². The van der Waals surface area contributed by atoms with E-state index < -0.39 is 16.0 Å². The molecule has 2 N–H and O–H groups in total. The fraction of sp³-hybridized carbons (Fsp3) is 0.188. The number of benzene rings is 2. The van der Waals surface area contributed by atoms with E-state index in [0.717, 1.165) is 11.6 Å². The monoisotopic (exact) mass is 319 g/mol. The Hall–Kier alpha value is -2.34. The highest BCUT2D eigenvalue weighted by Crippen LogP contribution is 2.21. The maximum Gasteiger partial charge on any atom is 0.335 e. The van der Waals surface area contributed by atoms with Gasteiger partial charge in [-0.3, -0.25) is 4.72 Å². The molecule has 0 aliphatic heterocycles. The van der Waals surface area contributed by atoms with Crippen LogP contribution in [-0.4, -0.2) is 19.5 Å². The summed E-state index contributed by atoms with van der Waals surface area (Å²) >= 11 is 0. The number of nitrogens with one attached hydrogen (secondary N) is 1. The van der Waals surface area contributed by atoms with E-state index in [1.54, 1.807) is 18.2 Å². The fourth-order valence-electron chi connectivity index (χ4n) is 1.97. The van der Waals surface area contributed by atoms with Gasteiger partial charge in [0.2, 0.25) is 0 Å². The Bertz CT molecular complexity index is 797. The minimum absolute atomic E-state index is 0.0705. The summed E-state index contributed by atoms with van der Waals surface area (Å²) in [5.74, 6) is -0.890. The van der Waals surface area contributed by atoms with Crippen molar-refractivity contribution in [3.05, 3.63) is 59.7 Å². The van der Waals surface area contributed by atoms with Crippen molar-refractivity contribution in [3.8, 4) is 0 Å². The SMILES string of the molecule is CC(C)c1cccc(NS(=O)(=O)c2cccc(C(=O)O)c2)c1. The second kappa shape index (κ2) is 6.19. The molecule has 0 heterocycles. The Morgan fingerprint density at radius 2 is 1.77 bits per heavy atom. The van der Waals surface area contributed by atoms with Crippen molar-refractivity contribution in [2.45, 2.75) is 24.7 Å². The first kappa shape index (κ1) is 16.0. The third-order valence-corrected chi connectivity index (χ3v) is 4.58. The van der Waals surface area contributed by atoms with Crippen LogP contribution in [0, 0.1) is 0 Å². The van der Waals surface area contributed by atoms with Crippen LogP contribution in [0.5, 0.6) is 0 Å². The maximum absolute atomic E-state index is 12.4. The number of anilines is 1. The normalized spacial score (nSPS) is 11.4. The van der Waals surface area contributed by atoms with E-state index >= 15 is 0 Å². The van der Waals surface area contributed by atoms with Crippen LogP contribution in [0.3, 0.4) is 0 Å². The largest absolute Gasteiger partial charge is 0.478 e. The molecule has 2 aromatic rings. The summed E-state index contributed by atoms with van der Waals surface area (Å²) in [5, 5.41) is 8.95. The highest BCUT2D eigenvalue weighted by molar-refractivity contribution is 7.92. The summed E-state index contributed by atoms with van der Waals surface area (Å²) in [6.45, 7) is 4.04. The highest BCUT2D eigenvalue weighted by Gasteiger charge is 2.16. The van der Waals surface area contributed by atoms with E-state index in [1.165, 1.54) is 18.2 Å². The molecule has 0 saturated carbocycles. The lowest BCUT2D eigenvalue weighted by Crippen LogP contribution is -2.14. The second-order valence-corrected chi connectivity index (χ2v) is 6.90. The van der Waals surface area contributed by atoms with Crippen molar-refractivity contribution in [3.63, 3.8) is 0 Å². The zero-order valence-corrected chi connectivity index (χ0v) is 13.1. The van der Waals surface area contributed by atoms with Crippen LogP contribution in [0.2, 0.25) is 0 Å². The predicted octanol–water partition coefficient (Wildman–Crippen LogP) is 3.31. The summed E-state index contributed by atoms with van der Waals surface area (Å²) in [5.41, 5.74) is 1.39. The molecule has 116 valence electrons. The Morgan fingerprint density at radius 3 is 2.41 bits per heavy atom. The maximum atomic E-state index is 12.4. The lowest BCUT2D eigenvalue weighted by molar-refractivity contribution is 0.0696. The lowest BCUT2D eigenvalue weighted by Gasteiger charge is -2.11. The van der Waals surface area contributed by atoms with E-state index in [4.69, 9.17) is 5.11 Å². The molecule has 0 fully saturated rings. The van der Waals surface area contributed by atoms with Crippen LogP contribution in [0.25, 0.3) is 0 Å². The molecule has 0 saturated heterocycles. The second-order valence-electron chi connectivity index (χ2n) is 5.22. The first-order valence-corrected chi connectivity index (χ1v) is 8.24. The highest BCUT2D eigenvalue weighted by atomic mass is 32.2. The fourth-order valence-corrected chi connectivity index (χ4v) is 3.07.